The van der Waals surface area contributed by atoms with Crippen molar-refractivity contribution in [2.24, 2.45) is 11.3 Å². The number of hydrogen-bond donors (Lipinski definition) is 1. The summed E-state index contributed by atoms with van der Waals surface area (Å²) in [5, 5.41) is 3.50. The molecule has 1 aromatic rings. The molecule has 1 heterocycles. The van der Waals surface area contributed by atoms with E-state index in [0.29, 0.717) is 5.92 Å². The molecule has 1 rings (SSSR count). The monoisotopic (exact) mass is 238 g/mol. The van der Waals surface area contributed by atoms with Crippen LogP contribution in [-0.4, -0.2) is 18.1 Å². The van der Waals surface area contributed by atoms with Gasteiger partial charge in [-0.1, -0.05) is 26.8 Å². The molecule has 0 aliphatic heterocycles. The maximum atomic E-state index is 4.11. The largest absolute Gasteiger partial charge is 0.316 e. The Hall–Kier alpha value is -0.670. The van der Waals surface area contributed by atoms with Gasteiger partial charge in [-0.3, -0.25) is 4.98 Å². The summed E-state index contributed by atoms with van der Waals surface area (Å²) in [6, 6.07) is 0. The van der Waals surface area contributed by atoms with E-state index in [9.17, 15) is 0 Å². The Kier molecular flexibility index (Phi) is 5.16. The van der Waals surface area contributed by atoms with E-state index >= 15 is 0 Å². The predicted molar refractivity (Wildman–Crippen MR) is 71.8 cm³/mol. The highest BCUT2D eigenvalue weighted by Gasteiger charge is 2.21. The van der Waals surface area contributed by atoms with Gasteiger partial charge in [-0.15, -0.1) is 17.9 Å². The van der Waals surface area contributed by atoms with Gasteiger partial charge in [-0.25, -0.2) is 0 Å². The minimum absolute atomic E-state index is 0.126. The zero-order chi connectivity index (χ0) is 12.0. The topological polar surface area (TPSA) is 24.9 Å². The average molecular weight is 238 g/mol. The minimum atomic E-state index is 0.126. The summed E-state index contributed by atoms with van der Waals surface area (Å²) < 4.78 is 0. The van der Waals surface area contributed by atoms with Crippen molar-refractivity contribution < 1.29 is 0 Å². The third-order valence-electron chi connectivity index (χ3n) is 2.64. The van der Waals surface area contributed by atoms with E-state index in [1.165, 1.54) is 4.88 Å². The highest BCUT2D eigenvalue weighted by Crippen LogP contribution is 2.24. The van der Waals surface area contributed by atoms with Crippen molar-refractivity contribution in [1.29, 1.82) is 0 Å². The van der Waals surface area contributed by atoms with Crippen LogP contribution < -0.4 is 5.32 Å². The summed E-state index contributed by atoms with van der Waals surface area (Å²) in [5.74, 6) is 0.692. The van der Waals surface area contributed by atoms with Gasteiger partial charge in [0.1, 0.15) is 0 Å². The molecule has 16 heavy (non-hydrogen) atoms. The zero-order valence-corrected chi connectivity index (χ0v) is 11.3. The summed E-state index contributed by atoms with van der Waals surface area (Å²) in [4.78, 5) is 5.44. The first-order valence-corrected chi connectivity index (χ1v) is 6.65. The van der Waals surface area contributed by atoms with Crippen LogP contribution in [0.1, 0.15) is 25.6 Å². The lowest BCUT2D eigenvalue weighted by Crippen LogP contribution is -2.33. The third-order valence-corrected chi connectivity index (χ3v) is 3.42. The molecule has 1 N–H and O–H groups in total. The Bertz CT molecular complexity index is 306. The normalized spacial score (nSPS) is 15.0. The molecule has 1 unspecified atom stereocenters. The van der Waals surface area contributed by atoms with Crippen LogP contribution in [0, 0.1) is 11.3 Å². The summed E-state index contributed by atoms with van der Waals surface area (Å²) in [6.07, 6.45) is 5.03. The Morgan fingerprint density at radius 3 is 2.88 bits per heavy atom. The Balaban J connectivity index is 2.46. The maximum Gasteiger partial charge on any atom is 0.0794 e. The molecule has 0 aliphatic carbocycles. The zero-order valence-electron chi connectivity index (χ0n) is 10.5. The summed E-state index contributed by atoms with van der Waals surface area (Å²) in [7, 11) is 0. The molecule has 2 nitrogen and oxygen atoms in total. The van der Waals surface area contributed by atoms with Crippen LogP contribution in [0.25, 0.3) is 0 Å². The maximum absolute atomic E-state index is 4.11. The molecule has 0 amide bonds. The molecule has 0 aromatic carbocycles. The smallest absolute Gasteiger partial charge is 0.0794 e. The summed E-state index contributed by atoms with van der Waals surface area (Å²) in [5.41, 5.74) is 2.02. The van der Waals surface area contributed by atoms with E-state index in [-0.39, 0.29) is 5.41 Å². The van der Waals surface area contributed by atoms with Crippen molar-refractivity contribution in [3.63, 3.8) is 0 Å². The van der Waals surface area contributed by atoms with E-state index < -0.39 is 0 Å². The fourth-order valence-electron chi connectivity index (χ4n) is 1.58. The van der Waals surface area contributed by atoms with Crippen LogP contribution in [0.2, 0.25) is 0 Å². The number of aromatic nitrogens is 1. The quantitative estimate of drug-likeness (QED) is 0.738. The van der Waals surface area contributed by atoms with Gasteiger partial charge in [-0.05, 0) is 18.9 Å². The fourth-order valence-corrected chi connectivity index (χ4v) is 2.37. The number of thiazole rings is 1. The number of hydrogen-bond acceptors (Lipinski definition) is 3. The third kappa shape index (κ3) is 4.45. The molecule has 90 valence electrons. The molecule has 0 fully saturated rings. The van der Waals surface area contributed by atoms with Crippen LogP contribution in [0.5, 0.6) is 0 Å². The van der Waals surface area contributed by atoms with E-state index in [4.69, 9.17) is 0 Å². The first kappa shape index (κ1) is 13.4. The molecule has 1 aromatic heterocycles. The van der Waals surface area contributed by atoms with Crippen LogP contribution in [0.4, 0.5) is 0 Å². The van der Waals surface area contributed by atoms with Crippen LogP contribution in [-0.2, 0) is 6.42 Å². The highest BCUT2D eigenvalue weighted by atomic mass is 32.1. The van der Waals surface area contributed by atoms with Crippen molar-refractivity contribution in [3.8, 4) is 0 Å². The minimum Gasteiger partial charge on any atom is -0.316 e. The van der Waals surface area contributed by atoms with Crippen molar-refractivity contribution in [2.75, 3.05) is 13.1 Å². The Morgan fingerprint density at radius 1 is 1.62 bits per heavy atom. The second-order valence-corrected chi connectivity index (χ2v) is 6.00. The first-order valence-electron chi connectivity index (χ1n) is 5.77. The molecule has 3 heteroatoms. The van der Waals surface area contributed by atoms with Gasteiger partial charge in [0.25, 0.3) is 0 Å². The molecular weight excluding hydrogens is 216 g/mol. The van der Waals surface area contributed by atoms with Gasteiger partial charge in [-0.2, -0.15) is 0 Å². The number of nitrogens with zero attached hydrogens (tertiary/aromatic N) is 1. The fraction of sp³-hybridized carbons (Fsp3) is 0.615. The van der Waals surface area contributed by atoms with Crippen LogP contribution in [0.15, 0.2) is 24.4 Å². The van der Waals surface area contributed by atoms with Gasteiger partial charge in [0.15, 0.2) is 0 Å². The van der Waals surface area contributed by atoms with Crippen molar-refractivity contribution in [2.45, 2.75) is 27.2 Å². The first-order chi connectivity index (χ1) is 7.56. The van der Waals surface area contributed by atoms with E-state index in [2.05, 4.69) is 43.7 Å². The predicted octanol–water partition coefficient (Wildman–Crippen LogP) is 3.12. The molecule has 0 spiro atoms. The highest BCUT2D eigenvalue weighted by molar-refractivity contribution is 7.09. The Morgan fingerprint density at radius 2 is 2.38 bits per heavy atom. The van der Waals surface area contributed by atoms with Crippen molar-refractivity contribution in [1.82, 2.24) is 10.3 Å². The van der Waals surface area contributed by atoms with E-state index in [1.54, 1.807) is 11.3 Å². The molecule has 0 radical (unpaired) electrons. The molecule has 0 bridgehead atoms. The van der Waals surface area contributed by atoms with Crippen molar-refractivity contribution in [3.05, 3.63) is 29.2 Å². The SMILES string of the molecule is C=CC(C)(CNCC(C)C)Cc1cncs1. The number of rotatable bonds is 7. The lowest BCUT2D eigenvalue weighted by atomic mass is 9.86. The summed E-state index contributed by atoms with van der Waals surface area (Å²) >= 11 is 1.72. The van der Waals surface area contributed by atoms with Crippen molar-refractivity contribution >= 4 is 11.3 Å². The molecule has 0 saturated heterocycles. The second kappa shape index (κ2) is 6.16. The lowest BCUT2D eigenvalue weighted by Gasteiger charge is -2.26. The number of nitrogens with one attached hydrogen (secondary N) is 1. The van der Waals surface area contributed by atoms with Gasteiger partial charge in [0.05, 0.1) is 5.51 Å². The van der Waals surface area contributed by atoms with Gasteiger partial charge < -0.3 is 5.32 Å². The van der Waals surface area contributed by atoms with E-state index in [0.717, 1.165) is 19.5 Å². The Labute approximate surface area is 103 Å². The lowest BCUT2D eigenvalue weighted by molar-refractivity contribution is 0.380. The van der Waals surface area contributed by atoms with Gasteiger partial charge >= 0.3 is 0 Å². The average Bonchev–Trinajstić information content (AvgIpc) is 2.69. The molecular formula is C13H22N2S. The van der Waals surface area contributed by atoms with Crippen LogP contribution in [0.3, 0.4) is 0 Å². The van der Waals surface area contributed by atoms with Crippen LogP contribution >= 0.6 is 11.3 Å². The molecule has 1 atom stereocenters. The molecule has 0 aliphatic rings. The summed E-state index contributed by atoms with van der Waals surface area (Å²) in [6.45, 7) is 12.7. The second-order valence-electron chi connectivity index (χ2n) is 5.03. The van der Waals surface area contributed by atoms with Gasteiger partial charge in [0.2, 0.25) is 0 Å². The van der Waals surface area contributed by atoms with E-state index in [1.807, 2.05) is 11.7 Å². The standard InChI is InChI=1S/C13H22N2S/c1-5-13(4,9-14-7-11(2)3)6-12-8-15-10-16-12/h5,8,10-11,14H,1,6-7,9H2,2-4H3. The van der Waals surface area contributed by atoms with Gasteiger partial charge in [0, 0.05) is 23.0 Å². The molecule has 0 saturated carbocycles.